The van der Waals surface area contributed by atoms with E-state index in [2.05, 4.69) is 60.1 Å². The summed E-state index contributed by atoms with van der Waals surface area (Å²) in [6.45, 7) is 5.20. The molecule has 0 aromatic carbocycles. The quantitative estimate of drug-likeness (QED) is 0.582. The zero-order valence-electron chi connectivity index (χ0n) is 17.3. The number of hydrogen-bond donors (Lipinski definition) is 2. The Morgan fingerprint density at radius 1 is 1.14 bits per heavy atom. The first kappa shape index (κ1) is 20.0. The van der Waals surface area contributed by atoms with Gasteiger partial charge in [-0.15, -0.1) is 11.3 Å². The van der Waals surface area contributed by atoms with Crippen LogP contribution in [0.2, 0.25) is 0 Å². The van der Waals surface area contributed by atoms with E-state index >= 15 is 0 Å². The second-order valence-corrected chi connectivity index (χ2v) is 8.78. The summed E-state index contributed by atoms with van der Waals surface area (Å²) >= 11 is 1.83. The molecule has 2 aromatic rings. The molecular formula is C22H32N6S. The van der Waals surface area contributed by atoms with E-state index in [9.17, 15) is 0 Å². The third kappa shape index (κ3) is 5.41. The molecule has 0 radical (unpaired) electrons. The van der Waals surface area contributed by atoms with Crippen molar-refractivity contribution >= 4 is 28.1 Å². The Bertz CT molecular complexity index is 776. The number of aliphatic imine (C=N–C) groups is 1. The Hall–Kier alpha value is -2.28. The standard InChI is InChI=1S/C22H32N6S/c1-23-22(26-19-8-13-28(14-9-19)21-6-5-15-29-21)25-17-18-7-10-24-20(16-18)27-11-3-2-4-12-27/h5-7,10,15-16,19H,2-4,8-9,11-14,17H2,1H3,(H2,23,25,26). The normalized spacial score (nSPS) is 18.7. The number of guanidine groups is 1. The molecule has 29 heavy (non-hydrogen) atoms. The van der Waals surface area contributed by atoms with Crippen LogP contribution in [0.4, 0.5) is 10.8 Å². The van der Waals surface area contributed by atoms with Gasteiger partial charge in [-0.1, -0.05) is 0 Å². The number of nitrogens with zero attached hydrogens (tertiary/aromatic N) is 4. The van der Waals surface area contributed by atoms with Crippen LogP contribution in [0, 0.1) is 0 Å². The fraction of sp³-hybridized carbons (Fsp3) is 0.545. The van der Waals surface area contributed by atoms with Gasteiger partial charge in [-0.05, 0) is 67.3 Å². The van der Waals surface area contributed by atoms with Gasteiger partial charge >= 0.3 is 0 Å². The maximum Gasteiger partial charge on any atom is 0.191 e. The highest BCUT2D eigenvalue weighted by atomic mass is 32.1. The topological polar surface area (TPSA) is 55.8 Å². The molecule has 0 bridgehead atoms. The van der Waals surface area contributed by atoms with Gasteiger partial charge in [0.25, 0.3) is 0 Å². The van der Waals surface area contributed by atoms with Crippen molar-refractivity contribution in [2.24, 2.45) is 4.99 Å². The third-order valence-corrected chi connectivity index (χ3v) is 6.76. The first-order chi connectivity index (χ1) is 14.3. The van der Waals surface area contributed by atoms with E-state index in [4.69, 9.17) is 0 Å². The minimum absolute atomic E-state index is 0.471. The minimum Gasteiger partial charge on any atom is -0.363 e. The van der Waals surface area contributed by atoms with Gasteiger partial charge in [-0.2, -0.15) is 0 Å². The van der Waals surface area contributed by atoms with Gasteiger partial charge < -0.3 is 20.4 Å². The van der Waals surface area contributed by atoms with E-state index in [1.807, 2.05) is 24.6 Å². The van der Waals surface area contributed by atoms with Gasteiger partial charge in [0.05, 0.1) is 5.00 Å². The molecule has 2 saturated heterocycles. The lowest BCUT2D eigenvalue weighted by Gasteiger charge is -2.33. The van der Waals surface area contributed by atoms with Gasteiger partial charge in [0.15, 0.2) is 5.96 Å². The molecule has 0 aliphatic carbocycles. The Morgan fingerprint density at radius 3 is 2.69 bits per heavy atom. The van der Waals surface area contributed by atoms with Crippen molar-refractivity contribution in [1.82, 2.24) is 15.6 Å². The molecule has 6 nitrogen and oxygen atoms in total. The summed E-state index contributed by atoms with van der Waals surface area (Å²) in [5, 5.41) is 10.6. The molecule has 0 atom stereocenters. The van der Waals surface area contributed by atoms with E-state index in [1.54, 1.807) is 0 Å². The summed E-state index contributed by atoms with van der Waals surface area (Å²) < 4.78 is 0. The van der Waals surface area contributed by atoms with Gasteiger partial charge in [-0.3, -0.25) is 4.99 Å². The molecule has 0 amide bonds. The summed E-state index contributed by atoms with van der Waals surface area (Å²) in [5.74, 6) is 1.99. The molecule has 4 rings (SSSR count). The molecular weight excluding hydrogens is 380 g/mol. The fourth-order valence-electron chi connectivity index (χ4n) is 4.13. The number of piperidine rings is 2. The molecule has 7 heteroatoms. The van der Waals surface area contributed by atoms with E-state index in [0.29, 0.717) is 6.04 Å². The first-order valence-electron chi connectivity index (χ1n) is 10.8. The lowest BCUT2D eigenvalue weighted by atomic mass is 10.1. The Morgan fingerprint density at radius 2 is 1.97 bits per heavy atom. The summed E-state index contributed by atoms with van der Waals surface area (Å²) in [6.07, 6.45) is 8.07. The van der Waals surface area contributed by atoms with Crippen molar-refractivity contribution in [3.63, 3.8) is 0 Å². The predicted octanol–water partition coefficient (Wildman–Crippen LogP) is 3.47. The lowest BCUT2D eigenvalue weighted by Crippen LogP contribution is -2.48. The van der Waals surface area contributed by atoms with Crippen molar-refractivity contribution in [3.8, 4) is 0 Å². The smallest absolute Gasteiger partial charge is 0.191 e. The van der Waals surface area contributed by atoms with Crippen LogP contribution in [0.1, 0.15) is 37.7 Å². The maximum absolute atomic E-state index is 4.58. The summed E-state index contributed by atoms with van der Waals surface area (Å²) in [6, 6.07) is 9.12. The molecule has 0 unspecified atom stereocenters. The van der Waals surface area contributed by atoms with Crippen LogP contribution in [0.3, 0.4) is 0 Å². The van der Waals surface area contributed by atoms with Crippen molar-refractivity contribution in [1.29, 1.82) is 0 Å². The molecule has 156 valence electrons. The van der Waals surface area contributed by atoms with E-state index in [1.165, 1.54) is 29.8 Å². The first-order valence-corrected chi connectivity index (χ1v) is 11.7. The Balaban J connectivity index is 1.26. The van der Waals surface area contributed by atoms with Crippen LogP contribution in [-0.4, -0.2) is 50.2 Å². The van der Waals surface area contributed by atoms with Crippen LogP contribution < -0.4 is 20.4 Å². The third-order valence-electron chi connectivity index (χ3n) is 5.83. The number of nitrogens with one attached hydrogen (secondary N) is 2. The highest BCUT2D eigenvalue weighted by Crippen LogP contribution is 2.24. The zero-order valence-corrected chi connectivity index (χ0v) is 18.1. The van der Waals surface area contributed by atoms with E-state index < -0.39 is 0 Å². The Labute approximate surface area is 178 Å². The van der Waals surface area contributed by atoms with Crippen LogP contribution in [0.5, 0.6) is 0 Å². The van der Waals surface area contributed by atoms with Crippen LogP contribution in [0.25, 0.3) is 0 Å². The van der Waals surface area contributed by atoms with Crippen LogP contribution >= 0.6 is 11.3 Å². The molecule has 2 aliphatic rings. The van der Waals surface area contributed by atoms with Crippen molar-refractivity contribution in [3.05, 3.63) is 41.4 Å². The monoisotopic (exact) mass is 412 g/mol. The van der Waals surface area contributed by atoms with Gasteiger partial charge in [0.2, 0.25) is 0 Å². The lowest BCUT2D eigenvalue weighted by molar-refractivity contribution is 0.463. The molecule has 2 N–H and O–H groups in total. The molecule has 4 heterocycles. The van der Waals surface area contributed by atoms with Crippen molar-refractivity contribution in [2.45, 2.75) is 44.7 Å². The van der Waals surface area contributed by atoms with Gasteiger partial charge in [0, 0.05) is 52.0 Å². The van der Waals surface area contributed by atoms with Crippen LogP contribution in [0.15, 0.2) is 40.8 Å². The summed E-state index contributed by atoms with van der Waals surface area (Å²) in [5.41, 5.74) is 1.25. The largest absolute Gasteiger partial charge is 0.363 e. The summed E-state index contributed by atoms with van der Waals surface area (Å²) in [7, 11) is 1.85. The van der Waals surface area contributed by atoms with Crippen LogP contribution in [-0.2, 0) is 6.54 Å². The highest BCUT2D eigenvalue weighted by molar-refractivity contribution is 7.14. The maximum atomic E-state index is 4.58. The fourth-order valence-corrected chi connectivity index (χ4v) is 4.92. The van der Waals surface area contributed by atoms with E-state index in [-0.39, 0.29) is 0 Å². The molecule has 0 saturated carbocycles. The van der Waals surface area contributed by atoms with Gasteiger partial charge in [0.1, 0.15) is 5.82 Å². The second-order valence-electron chi connectivity index (χ2n) is 7.85. The zero-order chi connectivity index (χ0) is 19.9. The van der Waals surface area contributed by atoms with Gasteiger partial charge in [-0.25, -0.2) is 4.98 Å². The average molecular weight is 413 g/mol. The number of thiophene rings is 1. The SMILES string of the molecule is CN=C(NCc1ccnc(N2CCCCC2)c1)NC1CCN(c2cccs2)CC1. The number of hydrogen-bond acceptors (Lipinski definition) is 5. The number of rotatable bonds is 5. The molecule has 2 fully saturated rings. The number of aromatic nitrogens is 1. The van der Waals surface area contributed by atoms with Crippen molar-refractivity contribution < 1.29 is 0 Å². The highest BCUT2D eigenvalue weighted by Gasteiger charge is 2.20. The van der Waals surface area contributed by atoms with Crippen molar-refractivity contribution in [2.75, 3.05) is 43.0 Å². The number of anilines is 2. The molecule has 2 aliphatic heterocycles. The molecule has 0 spiro atoms. The Kier molecular flexibility index (Phi) is 6.87. The summed E-state index contributed by atoms with van der Waals surface area (Å²) in [4.78, 5) is 13.9. The second kappa shape index (κ2) is 9.96. The number of pyridine rings is 1. The molecule has 2 aromatic heterocycles. The van der Waals surface area contributed by atoms with E-state index in [0.717, 1.165) is 57.3 Å². The minimum atomic E-state index is 0.471. The predicted molar refractivity (Wildman–Crippen MR) is 123 cm³/mol. The average Bonchev–Trinajstić information content (AvgIpc) is 3.33.